The first kappa shape index (κ1) is 21.7. The molecule has 1 aromatic heterocycles. The Balaban J connectivity index is 1.41. The highest BCUT2D eigenvalue weighted by atomic mass is 32.2. The molecule has 7 heteroatoms. The highest BCUT2D eigenvalue weighted by Gasteiger charge is 2.29. The van der Waals surface area contributed by atoms with E-state index in [4.69, 9.17) is 9.40 Å². The zero-order valence-corrected chi connectivity index (χ0v) is 19.4. The van der Waals surface area contributed by atoms with Crippen molar-refractivity contribution in [1.82, 2.24) is 14.2 Å². The van der Waals surface area contributed by atoms with Gasteiger partial charge in [0, 0.05) is 38.3 Å². The van der Waals surface area contributed by atoms with E-state index in [2.05, 4.69) is 11.8 Å². The van der Waals surface area contributed by atoms with Crippen LogP contribution in [0, 0.1) is 27.7 Å². The summed E-state index contributed by atoms with van der Waals surface area (Å²) in [6.45, 7) is 10.8. The van der Waals surface area contributed by atoms with Crippen molar-refractivity contribution in [3.05, 3.63) is 70.6 Å². The third kappa shape index (κ3) is 4.59. The molecular weight excluding hydrogens is 410 g/mol. The molecule has 2 aromatic carbocycles. The Bertz CT molecular complexity index is 1180. The Morgan fingerprint density at radius 1 is 0.903 bits per heavy atom. The number of rotatable bonds is 5. The summed E-state index contributed by atoms with van der Waals surface area (Å²) in [5.74, 6) is 1.43. The molecule has 4 rings (SSSR count). The number of hydrogen-bond acceptors (Lipinski definition) is 5. The molecule has 1 saturated heterocycles. The predicted octanol–water partition coefficient (Wildman–Crippen LogP) is 4.08. The number of oxazole rings is 1. The summed E-state index contributed by atoms with van der Waals surface area (Å²) in [4.78, 5) is 7.30. The molecule has 0 radical (unpaired) electrons. The first-order valence-electron chi connectivity index (χ1n) is 10.6. The Labute approximate surface area is 184 Å². The summed E-state index contributed by atoms with van der Waals surface area (Å²) in [5.41, 5.74) is 5.15. The largest absolute Gasteiger partial charge is 0.441 e. The quantitative estimate of drug-likeness (QED) is 0.599. The molecule has 0 bridgehead atoms. The van der Waals surface area contributed by atoms with Gasteiger partial charge in [-0.05, 0) is 63.1 Å². The van der Waals surface area contributed by atoms with Crippen LogP contribution in [0.5, 0.6) is 0 Å². The maximum absolute atomic E-state index is 13.0. The van der Waals surface area contributed by atoms with Gasteiger partial charge >= 0.3 is 0 Å². The van der Waals surface area contributed by atoms with Gasteiger partial charge in [0.05, 0.1) is 10.6 Å². The van der Waals surface area contributed by atoms with E-state index >= 15 is 0 Å². The number of benzene rings is 2. The van der Waals surface area contributed by atoms with Crippen molar-refractivity contribution < 1.29 is 12.8 Å². The van der Waals surface area contributed by atoms with Crippen LogP contribution in [0.2, 0.25) is 0 Å². The standard InChI is InChI=1S/C24H29N3O3S/c1-17-5-8-21(9-6-17)24-25-23(20(4)30-24)16-26-11-13-27(14-12-26)31(28,29)22-10-7-18(2)19(3)15-22/h5-10,15H,11-14,16H2,1-4H3. The second kappa shape index (κ2) is 8.57. The Morgan fingerprint density at radius 2 is 1.58 bits per heavy atom. The molecule has 0 atom stereocenters. The molecule has 0 amide bonds. The summed E-state index contributed by atoms with van der Waals surface area (Å²) in [6, 6.07) is 13.5. The van der Waals surface area contributed by atoms with Crippen LogP contribution in [-0.2, 0) is 16.6 Å². The van der Waals surface area contributed by atoms with Crippen molar-refractivity contribution in [2.24, 2.45) is 0 Å². The summed E-state index contributed by atoms with van der Waals surface area (Å²) in [6.07, 6.45) is 0. The number of aromatic nitrogens is 1. The van der Waals surface area contributed by atoms with Crippen LogP contribution < -0.4 is 0 Å². The van der Waals surface area contributed by atoms with Gasteiger partial charge in [-0.2, -0.15) is 4.31 Å². The fraction of sp³-hybridized carbons (Fsp3) is 0.375. The molecule has 0 aliphatic carbocycles. The number of nitrogens with zero attached hydrogens (tertiary/aromatic N) is 3. The summed E-state index contributed by atoms with van der Waals surface area (Å²) in [7, 11) is -3.47. The minimum absolute atomic E-state index is 0.374. The summed E-state index contributed by atoms with van der Waals surface area (Å²) < 4.78 is 33.5. The molecule has 6 nitrogen and oxygen atoms in total. The van der Waals surface area contributed by atoms with Gasteiger partial charge in [0.2, 0.25) is 15.9 Å². The van der Waals surface area contributed by atoms with Crippen LogP contribution >= 0.6 is 0 Å². The normalized spacial score (nSPS) is 16.0. The van der Waals surface area contributed by atoms with Crippen LogP contribution in [0.3, 0.4) is 0 Å². The zero-order chi connectivity index (χ0) is 22.2. The van der Waals surface area contributed by atoms with Crippen LogP contribution in [0.4, 0.5) is 0 Å². The van der Waals surface area contributed by atoms with E-state index in [1.807, 2.05) is 51.1 Å². The van der Waals surface area contributed by atoms with Gasteiger partial charge in [0.15, 0.2) is 0 Å². The molecule has 31 heavy (non-hydrogen) atoms. The van der Waals surface area contributed by atoms with Crippen molar-refractivity contribution in [1.29, 1.82) is 0 Å². The molecule has 0 unspecified atom stereocenters. The molecular formula is C24H29N3O3S. The van der Waals surface area contributed by atoms with Gasteiger partial charge in [-0.15, -0.1) is 0 Å². The number of sulfonamides is 1. The summed E-state index contributed by atoms with van der Waals surface area (Å²) in [5, 5.41) is 0. The van der Waals surface area contributed by atoms with Crippen LogP contribution in [0.1, 0.15) is 28.1 Å². The maximum atomic E-state index is 13.0. The maximum Gasteiger partial charge on any atom is 0.243 e. The van der Waals surface area contributed by atoms with E-state index in [-0.39, 0.29) is 0 Å². The molecule has 1 fully saturated rings. The van der Waals surface area contributed by atoms with E-state index in [9.17, 15) is 8.42 Å². The van der Waals surface area contributed by atoms with E-state index in [0.717, 1.165) is 28.1 Å². The molecule has 3 aromatic rings. The zero-order valence-electron chi connectivity index (χ0n) is 18.6. The third-order valence-electron chi connectivity index (χ3n) is 6.01. The second-order valence-corrected chi connectivity index (χ2v) is 10.3. The molecule has 0 saturated carbocycles. The van der Waals surface area contributed by atoms with Gasteiger partial charge in [-0.1, -0.05) is 23.8 Å². The topological polar surface area (TPSA) is 66.7 Å². The lowest BCUT2D eigenvalue weighted by atomic mass is 10.1. The van der Waals surface area contributed by atoms with Crippen LogP contribution in [0.15, 0.2) is 51.8 Å². The van der Waals surface area contributed by atoms with Crippen molar-refractivity contribution in [3.8, 4) is 11.5 Å². The minimum atomic E-state index is -3.47. The Hall–Kier alpha value is -2.48. The van der Waals surface area contributed by atoms with E-state index in [1.165, 1.54) is 5.56 Å². The summed E-state index contributed by atoms with van der Waals surface area (Å²) >= 11 is 0. The van der Waals surface area contributed by atoms with Crippen molar-refractivity contribution in [3.63, 3.8) is 0 Å². The number of hydrogen-bond donors (Lipinski definition) is 0. The Kier molecular flexibility index (Phi) is 6.01. The lowest BCUT2D eigenvalue weighted by Gasteiger charge is -2.33. The van der Waals surface area contributed by atoms with E-state index in [0.29, 0.717) is 43.5 Å². The first-order chi connectivity index (χ1) is 14.7. The van der Waals surface area contributed by atoms with E-state index in [1.54, 1.807) is 16.4 Å². The average molecular weight is 440 g/mol. The predicted molar refractivity (Wildman–Crippen MR) is 121 cm³/mol. The number of piperazine rings is 1. The third-order valence-corrected chi connectivity index (χ3v) is 7.91. The fourth-order valence-corrected chi connectivity index (χ4v) is 5.27. The average Bonchev–Trinajstić information content (AvgIpc) is 3.11. The number of aryl methyl sites for hydroxylation is 4. The molecule has 0 N–H and O–H groups in total. The second-order valence-electron chi connectivity index (χ2n) is 8.31. The monoisotopic (exact) mass is 439 g/mol. The highest BCUT2D eigenvalue weighted by Crippen LogP contribution is 2.24. The van der Waals surface area contributed by atoms with Gasteiger partial charge < -0.3 is 4.42 Å². The molecule has 1 aliphatic heterocycles. The van der Waals surface area contributed by atoms with Gasteiger partial charge in [-0.25, -0.2) is 13.4 Å². The van der Waals surface area contributed by atoms with Crippen LogP contribution in [0.25, 0.3) is 11.5 Å². The molecule has 1 aliphatic rings. The van der Waals surface area contributed by atoms with E-state index < -0.39 is 10.0 Å². The van der Waals surface area contributed by atoms with Crippen molar-refractivity contribution in [2.45, 2.75) is 39.1 Å². The molecule has 2 heterocycles. The fourth-order valence-electron chi connectivity index (χ4n) is 3.76. The first-order valence-corrected chi connectivity index (χ1v) is 12.0. The van der Waals surface area contributed by atoms with Gasteiger partial charge in [-0.3, -0.25) is 4.90 Å². The smallest absolute Gasteiger partial charge is 0.243 e. The lowest BCUT2D eigenvalue weighted by Crippen LogP contribution is -2.48. The Morgan fingerprint density at radius 3 is 2.23 bits per heavy atom. The van der Waals surface area contributed by atoms with Gasteiger partial charge in [0.25, 0.3) is 0 Å². The van der Waals surface area contributed by atoms with Gasteiger partial charge in [0.1, 0.15) is 5.76 Å². The molecule has 0 spiro atoms. The van der Waals surface area contributed by atoms with Crippen LogP contribution in [-0.4, -0.2) is 48.8 Å². The molecule has 164 valence electrons. The minimum Gasteiger partial charge on any atom is -0.441 e. The lowest BCUT2D eigenvalue weighted by molar-refractivity contribution is 0.179. The van der Waals surface area contributed by atoms with Crippen molar-refractivity contribution >= 4 is 10.0 Å². The highest BCUT2D eigenvalue weighted by molar-refractivity contribution is 7.89. The SMILES string of the molecule is Cc1ccc(-c2nc(CN3CCN(S(=O)(=O)c4ccc(C)c(C)c4)CC3)c(C)o2)cc1. The van der Waals surface area contributed by atoms with Crippen molar-refractivity contribution in [2.75, 3.05) is 26.2 Å².